The van der Waals surface area contributed by atoms with E-state index in [2.05, 4.69) is 0 Å². The van der Waals surface area contributed by atoms with Crippen LogP contribution in [-0.4, -0.2) is 35.6 Å². The number of nitrogens with zero attached hydrogens (tertiary/aromatic N) is 1. The fourth-order valence-corrected chi connectivity index (χ4v) is 2.12. The minimum absolute atomic E-state index is 0.497. The van der Waals surface area contributed by atoms with Gasteiger partial charge in [-0.25, -0.2) is 0 Å². The molecule has 2 aromatic carbocycles. The molecule has 0 aliphatic rings. The lowest BCUT2D eigenvalue weighted by molar-refractivity contribution is -0.141. The molecule has 0 radical (unpaired) electrons. The summed E-state index contributed by atoms with van der Waals surface area (Å²) >= 11 is 0. The van der Waals surface area contributed by atoms with Crippen molar-refractivity contribution in [2.45, 2.75) is 19.6 Å². The largest absolute Gasteiger partial charge is 0.489 e. The van der Waals surface area contributed by atoms with Gasteiger partial charge < -0.3 is 9.84 Å². The number of benzene rings is 2. The normalized spacial score (nSPS) is 12.5. The van der Waals surface area contributed by atoms with Gasteiger partial charge in [-0.2, -0.15) is 0 Å². The number of aliphatic carboxylic acids is 1. The lowest BCUT2D eigenvalue weighted by atomic mass is 10.2. The van der Waals surface area contributed by atoms with Gasteiger partial charge >= 0.3 is 5.97 Å². The van der Waals surface area contributed by atoms with Crippen LogP contribution < -0.4 is 4.74 Å². The summed E-state index contributed by atoms with van der Waals surface area (Å²) in [5.74, 6) is 0.0124. The summed E-state index contributed by atoms with van der Waals surface area (Å²) in [4.78, 5) is 12.7. The molecule has 0 aliphatic heterocycles. The topological polar surface area (TPSA) is 49.8 Å². The third-order valence-electron chi connectivity index (χ3n) is 3.85. The first-order valence-corrected chi connectivity index (χ1v) is 7.92. The molecule has 0 fully saturated rings. The maximum atomic E-state index is 10.9. The van der Waals surface area contributed by atoms with Gasteiger partial charge in [-0.15, -0.1) is 0 Å². The van der Waals surface area contributed by atoms with Crippen molar-refractivity contribution in [1.82, 2.24) is 4.90 Å². The average Bonchev–Trinajstić information content (AvgIpc) is 2.61. The minimum Gasteiger partial charge on any atom is -0.489 e. The molecule has 0 saturated carbocycles. The van der Waals surface area contributed by atoms with Gasteiger partial charge in [-0.05, 0) is 37.2 Å². The molecule has 1 atom stereocenters. The molecule has 0 bridgehead atoms. The summed E-state index contributed by atoms with van der Waals surface area (Å²) in [6.45, 7) is 2.81. The van der Waals surface area contributed by atoms with E-state index in [0.717, 1.165) is 16.9 Å². The van der Waals surface area contributed by atoms with Gasteiger partial charge in [0.25, 0.3) is 0 Å². The Balaban J connectivity index is 1.83. The van der Waals surface area contributed by atoms with Gasteiger partial charge in [0, 0.05) is 6.54 Å². The average molecular weight is 325 g/mol. The highest BCUT2D eigenvalue weighted by Gasteiger charge is 2.14. The number of carboxylic acids is 1. The Morgan fingerprint density at radius 1 is 1.17 bits per heavy atom. The van der Waals surface area contributed by atoms with Crippen molar-refractivity contribution in [2.24, 2.45) is 0 Å². The molecule has 126 valence electrons. The van der Waals surface area contributed by atoms with Crippen LogP contribution in [0.2, 0.25) is 0 Å². The molecule has 0 aliphatic carbocycles. The van der Waals surface area contributed by atoms with E-state index in [1.165, 1.54) is 0 Å². The van der Waals surface area contributed by atoms with Crippen molar-refractivity contribution in [2.75, 3.05) is 13.6 Å². The molecule has 24 heavy (non-hydrogen) atoms. The van der Waals surface area contributed by atoms with E-state index >= 15 is 0 Å². The second-order valence-corrected chi connectivity index (χ2v) is 5.70. The number of rotatable bonds is 8. The van der Waals surface area contributed by atoms with Crippen molar-refractivity contribution in [3.05, 3.63) is 71.8 Å². The summed E-state index contributed by atoms with van der Waals surface area (Å²) in [6, 6.07) is 17.4. The van der Waals surface area contributed by atoms with E-state index in [1.54, 1.807) is 18.9 Å². The van der Waals surface area contributed by atoms with Crippen LogP contribution in [0.4, 0.5) is 0 Å². The van der Waals surface area contributed by atoms with E-state index in [4.69, 9.17) is 9.84 Å². The fourth-order valence-electron chi connectivity index (χ4n) is 2.12. The molecule has 0 amide bonds. The summed E-state index contributed by atoms with van der Waals surface area (Å²) in [7, 11) is 1.80. The van der Waals surface area contributed by atoms with E-state index in [-0.39, 0.29) is 0 Å². The molecule has 0 spiro atoms. The predicted octanol–water partition coefficient (Wildman–Crippen LogP) is 3.68. The second kappa shape index (κ2) is 8.89. The molecule has 4 heteroatoms. The van der Waals surface area contributed by atoms with Gasteiger partial charge in [0.15, 0.2) is 0 Å². The molecule has 0 aromatic heterocycles. The van der Waals surface area contributed by atoms with E-state index in [0.29, 0.717) is 13.2 Å². The molecule has 2 aromatic rings. The Bertz CT molecular complexity index is 665. The highest BCUT2D eigenvalue weighted by atomic mass is 16.5. The third-order valence-corrected chi connectivity index (χ3v) is 3.85. The van der Waals surface area contributed by atoms with Gasteiger partial charge in [0.1, 0.15) is 18.4 Å². The monoisotopic (exact) mass is 325 g/mol. The standard InChI is InChI=1S/C20H23NO3/c1-16(20(22)23)21(2)14-6-9-17-10-12-19(13-11-17)24-15-18-7-4-3-5-8-18/h3-13,16H,14-15H2,1-2H3,(H,22,23)/b9-6+. The van der Waals surface area contributed by atoms with Gasteiger partial charge in [0.2, 0.25) is 0 Å². The quantitative estimate of drug-likeness (QED) is 0.804. The van der Waals surface area contributed by atoms with E-state index < -0.39 is 12.0 Å². The molecule has 2 rings (SSSR count). The van der Waals surface area contributed by atoms with Crippen molar-refractivity contribution in [3.8, 4) is 5.75 Å². The zero-order valence-electron chi connectivity index (χ0n) is 14.1. The van der Waals surface area contributed by atoms with Crippen molar-refractivity contribution in [3.63, 3.8) is 0 Å². The highest BCUT2D eigenvalue weighted by Crippen LogP contribution is 2.15. The molecule has 1 N–H and O–H groups in total. The van der Waals surface area contributed by atoms with Crippen LogP contribution in [0.5, 0.6) is 5.75 Å². The zero-order chi connectivity index (χ0) is 17.4. The number of carbonyl (C=O) groups is 1. The number of hydrogen-bond donors (Lipinski definition) is 1. The van der Waals surface area contributed by atoms with Crippen LogP contribution in [-0.2, 0) is 11.4 Å². The molecular weight excluding hydrogens is 302 g/mol. The van der Waals surface area contributed by atoms with Crippen molar-refractivity contribution < 1.29 is 14.6 Å². The Morgan fingerprint density at radius 3 is 2.46 bits per heavy atom. The fraction of sp³-hybridized carbons (Fsp3) is 0.250. The summed E-state index contributed by atoms with van der Waals surface area (Å²) in [6.07, 6.45) is 3.94. The maximum absolute atomic E-state index is 10.9. The number of likely N-dealkylation sites (N-methyl/N-ethyl adjacent to an activating group) is 1. The van der Waals surface area contributed by atoms with E-state index in [9.17, 15) is 4.79 Å². The van der Waals surface area contributed by atoms with Crippen molar-refractivity contribution in [1.29, 1.82) is 0 Å². The Morgan fingerprint density at radius 2 is 1.83 bits per heavy atom. The lowest BCUT2D eigenvalue weighted by Crippen LogP contribution is -2.35. The minimum atomic E-state index is -0.814. The summed E-state index contributed by atoms with van der Waals surface area (Å²) < 4.78 is 5.75. The first kappa shape index (κ1) is 17.8. The van der Waals surface area contributed by atoms with Crippen LogP contribution in [0.15, 0.2) is 60.7 Å². The Hall–Kier alpha value is -2.59. The zero-order valence-corrected chi connectivity index (χ0v) is 14.1. The SMILES string of the molecule is CC(C(=O)O)N(C)C/C=C/c1ccc(OCc2ccccc2)cc1. The molecule has 0 saturated heterocycles. The van der Waals surface area contributed by atoms with Crippen LogP contribution in [0.25, 0.3) is 6.08 Å². The summed E-state index contributed by atoms with van der Waals surface area (Å²) in [5, 5.41) is 8.95. The van der Waals surface area contributed by atoms with Gasteiger partial charge in [-0.3, -0.25) is 9.69 Å². The Labute approximate surface area is 143 Å². The smallest absolute Gasteiger partial charge is 0.320 e. The first-order chi connectivity index (χ1) is 11.6. The Kier molecular flexibility index (Phi) is 6.58. The van der Waals surface area contributed by atoms with Crippen LogP contribution in [0.1, 0.15) is 18.1 Å². The number of carboxylic acid groups (broad SMARTS) is 1. The van der Waals surface area contributed by atoms with Gasteiger partial charge in [-0.1, -0.05) is 54.6 Å². The van der Waals surface area contributed by atoms with Crippen LogP contribution >= 0.6 is 0 Å². The second-order valence-electron chi connectivity index (χ2n) is 5.70. The maximum Gasteiger partial charge on any atom is 0.320 e. The molecule has 4 nitrogen and oxygen atoms in total. The number of hydrogen-bond acceptors (Lipinski definition) is 3. The van der Waals surface area contributed by atoms with Crippen LogP contribution in [0.3, 0.4) is 0 Å². The third kappa shape index (κ3) is 5.56. The number of ether oxygens (including phenoxy) is 1. The van der Waals surface area contributed by atoms with Crippen molar-refractivity contribution >= 4 is 12.0 Å². The molecule has 1 unspecified atom stereocenters. The van der Waals surface area contributed by atoms with Crippen LogP contribution in [0, 0.1) is 0 Å². The summed E-state index contributed by atoms with van der Waals surface area (Å²) in [5.41, 5.74) is 2.19. The molecular formula is C20H23NO3. The van der Waals surface area contributed by atoms with Gasteiger partial charge in [0.05, 0.1) is 0 Å². The van der Waals surface area contributed by atoms with E-state index in [1.807, 2.05) is 66.7 Å². The predicted molar refractivity (Wildman–Crippen MR) is 96.0 cm³/mol. The molecule has 0 heterocycles. The first-order valence-electron chi connectivity index (χ1n) is 7.92. The lowest BCUT2D eigenvalue weighted by Gasteiger charge is -2.18. The highest BCUT2D eigenvalue weighted by molar-refractivity contribution is 5.72.